The van der Waals surface area contributed by atoms with Crippen molar-refractivity contribution in [3.05, 3.63) is 63.4 Å². The van der Waals surface area contributed by atoms with Crippen molar-refractivity contribution in [1.29, 1.82) is 0 Å². The standard InChI is InChI=1S/C15H14BrFO2/c1-10-3-2-4-11(8-18)15(10)19-9-12-5-6-13(16)7-14(12)17/h2-7,18H,8-9H2,1H3. The predicted octanol–water partition coefficient (Wildman–Crippen LogP) is 3.97. The average Bonchev–Trinajstić information content (AvgIpc) is 2.39. The van der Waals surface area contributed by atoms with E-state index in [0.29, 0.717) is 21.3 Å². The van der Waals surface area contributed by atoms with Crippen LogP contribution in [0.2, 0.25) is 0 Å². The van der Waals surface area contributed by atoms with Gasteiger partial charge in [0, 0.05) is 15.6 Å². The van der Waals surface area contributed by atoms with Gasteiger partial charge in [0.25, 0.3) is 0 Å². The summed E-state index contributed by atoms with van der Waals surface area (Å²) in [6, 6.07) is 10.4. The van der Waals surface area contributed by atoms with Crippen LogP contribution in [-0.4, -0.2) is 5.11 Å². The minimum Gasteiger partial charge on any atom is -0.488 e. The van der Waals surface area contributed by atoms with E-state index in [4.69, 9.17) is 4.74 Å². The van der Waals surface area contributed by atoms with E-state index in [9.17, 15) is 9.50 Å². The maximum absolute atomic E-state index is 13.7. The molecule has 2 rings (SSSR count). The van der Waals surface area contributed by atoms with Crippen LogP contribution in [0.15, 0.2) is 40.9 Å². The number of para-hydroxylation sites is 1. The lowest BCUT2D eigenvalue weighted by Crippen LogP contribution is -2.02. The van der Waals surface area contributed by atoms with Crippen molar-refractivity contribution in [2.75, 3.05) is 0 Å². The first-order valence-electron chi connectivity index (χ1n) is 5.88. The smallest absolute Gasteiger partial charge is 0.130 e. The van der Waals surface area contributed by atoms with Crippen molar-refractivity contribution in [2.24, 2.45) is 0 Å². The molecule has 100 valence electrons. The molecule has 2 aromatic rings. The van der Waals surface area contributed by atoms with Crippen LogP contribution < -0.4 is 4.74 Å². The summed E-state index contributed by atoms with van der Waals surface area (Å²) in [5.74, 6) is 0.306. The molecule has 2 aromatic carbocycles. The van der Waals surface area contributed by atoms with E-state index in [-0.39, 0.29) is 19.0 Å². The van der Waals surface area contributed by atoms with Crippen LogP contribution in [0.1, 0.15) is 16.7 Å². The van der Waals surface area contributed by atoms with E-state index in [2.05, 4.69) is 15.9 Å². The summed E-state index contributed by atoms with van der Waals surface area (Å²) in [4.78, 5) is 0. The lowest BCUT2D eigenvalue weighted by atomic mass is 10.1. The molecular weight excluding hydrogens is 311 g/mol. The van der Waals surface area contributed by atoms with Crippen LogP contribution in [-0.2, 0) is 13.2 Å². The number of rotatable bonds is 4. The summed E-state index contributed by atoms with van der Waals surface area (Å²) < 4.78 is 20.0. The minimum absolute atomic E-state index is 0.0974. The third kappa shape index (κ3) is 3.33. The summed E-state index contributed by atoms with van der Waals surface area (Å²) in [6.07, 6.45) is 0. The van der Waals surface area contributed by atoms with Crippen molar-refractivity contribution < 1.29 is 14.2 Å². The molecule has 2 nitrogen and oxygen atoms in total. The molecular formula is C15H14BrFO2. The Morgan fingerprint density at radius 3 is 2.68 bits per heavy atom. The van der Waals surface area contributed by atoms with Crippen molar-refractivity contribution in [3.63, 3.8) is 0 Å². The number of hydrogen-bond acceptors (Lipinski definition) is 2. The maximum Gasteiger partial charge on any atom is 0.130 e. The second-order valence-corrected chi connectivity index (χ2v) is 5.16. The SMILES string of the molecule is Cc1cccc(CO)c1OCc1ccc(Br)cc1F. The molecule has 0 saturated carbocycles. The van der Waals surface area contributed by atoms with Crippen molar-refractivity contribution in [2.45, 2.75) is 20.1 Å². The van der Waals surface area contributed by atoms with Crippen molar-refractivity contribution in [1.82, 2.24) is 0 Å². The van der Waals surface area contributed by atoms with Gasteiger partial charge in [0.1, 0.15) is 18.2 Å². The number of hydrogen-bond donors (Lipinski definition) is 1. The lowest BCUT2D eigenvalue weighted by Gasteiger charge is -2.13. The normalized spacial score (nSPS) is 10.5. The Kier molecular flexibility index (Phi) is 4.56. The second-order valence-electron chi connectivity index (χ2n) is 4.25. The third-order valence-corrected chi connectivity index (χ3v) is 3.34. The molecule has 0 atom stereocenters. The zero-order chi connectivity index (χ0) is 13.8. The molecule has 0 amide bonds. The van der Waals surface area contributed by atoms with Gasteiger partial charge in [-0.3, -0.25) is 0 Å². The highest BCUT2D eigenvalue weighted by molar-refractivity contribution is 9.10. The van der Waals surface area contributed by atoms with Crippen LogP contribution in [0.3, 0.4) is 0 Å². The van der Waals surface area contributed by atoms with E-state index in [1.54, 1.807) is 18.2 Å². The van der Waals surface area contributed by atoms with E-state index in [1.165, 1.54) is 6.07 Å². The van der Waals surface area contributed by atoms with Crippen LogP contribution in [0.5, 0.6) is 5.75 Å². The number of halogens is 2. The summed E-state index contributed by atoms with van der Waals surface area (Å²) in [5.41, 5.74) is 2.11. The number of aliphatic hydroxyl groups excluding tert-OH is 1. The molecule has 0 aromatic heterocycles. The molecule has 0 heterocycles. The van der Waals surface area contributed by atoms with Gasteiger partial charge < -0.3 is 9.84 Å². The van der Waals surface area contributed by atoms with Gasteiger partial charge in [-0.1, -0.05) is 40.2 Å². The summed E-state index contributed by atoms with van der Waals surface area (Å²) in [5, 5.41) is 9.27. The lowest BCUT2D eigenvalue weighted by molar-refractivity contribution is 0.256. The molecule has 1 N–H and O–H groups in total. The number of aryl methyl sites for hydroxylation is 1. The molecule has 0 saturated heterocycles. The van der Waals surface area contributed by atoms with Gasteiger partial charge in [0.15, 0.2) is 0 Å². The first-order chi connectivity index (χ1) is 9.11. The maximum atomic E-state index is 13.7. The molecule has 0 unspecified atom stereocenters. The van der Waals surface area contributed by atoms with E-state index >= 15 is 0 Å². The van der Waals surface area contributed by atoms with Crippen LogP contribution in [0, 0.1) is 12.7 Å². The topological polar surface area (TPSA) is 29.5 Å². The monoisotopic (exact) mass is 324 g/mol. The summed E-state index contributed by atoms with van der Waals surface area (Å²) >= 11 is 3.21. The fourth-order valence-electron chi connectivity index (χ4n) is 1.83. The van der Waals surface area contributed by atoms with Crippen molar-refractivity contribution >= 4 is 15.9 Å². The molecule has 4 heteroatoms. The van der Waals surface area contributed by atoms with Crippen LogP contribution in [0.4, 0.5) is 4.39 Å². The molecule has 0 aliphatic rings. The highest BCUT2D eigenvalue weighted by atomic mass is 79.9. The molecule has 0 aliphatic heterocycles. The zero-order valence-electron chi connectivity index (χ0n) is 10.5. The van der Waals surface area contributed by atoms with Gasteiger partial charge >= 0.3 is 0 Å². The Hall–Kier alpha value is -1.39. The fourth-order valence-corrected chi connectivity index (χ4v) is 2.17. The second kappa shape index (κ2) is 6.17. The Labute approximate surface area is 120 Å². The minimum atomic E-state index is -0.312. The average molecular weight is 325 g/mol. The Morgan fingerprint density at radius 1 is 1.21 bits per heavy atom. The molecule has 0 spiro atoms. The van der Waals surface area contributed by atoms with Gasteiger partial charge in [-0.15, -0.1) is 0 Å². The van der Waals surface area contributed by atoms with Crippen molar-refractivity contribution in [3.8, 4) is 5.75 Å². The Morgan fingerprint density at radius 2 is 2.00 bits per heavy atom. The van der Waals surface area contributed by atoms with Gasteiger partial charge in [-0.05, 0) is 24.6 Å². The van der Waals surface area contributed by atoms with E-state index < -0.39 is 0 Å². The number of ether oxygens (including phenoxy) is 1. The largest absolute Gasteiger partial charge is 0.488 e. The first kappa shape index (κ1) is 14.0. The van der Waals surface area contributed by atoms with Crippen LogP contribution in [0.25, 0.3) is 0 Å². The van der Waals surface area contributed by atoms with E-state index in [0.717, 1.165) is 5.56 Å². The highest BCUT2D eigenvalue weighted by Crippen LogP contribution is 2.25. The third-order valence-electron chi connectivity index (χ3n) is 2.85. The molecule has 0 bridgehead atoms. The molecule has 0 radical (unpaired) electrons. The zero-order valence-corrected chi connectivity index (χ0v) is 12.1. The Bertz CT molecular complexity index is 584. The highest BCUT2D eigenvalue weighted by Gasteiger charge is 2.08. The van der Waals surface area contributed by atoms with Gasteiger partial charge in [0.2, 0.25) is 0 Å². The predicted molar refractivity (Wildman–Crippen MR) is 75.5 cm³/mol. The number of aliphatic hydroxyl groups is 1. The van der Waals surface area contributed by atoms with Crippen LogP contribution >= 0.6 is 15.9 Å². The summed E-state index contributed by atoms with van der Waals surface area (Å²) in [6.45, 7) is 1.93. The Balaban J connectivity index is 2.19. The quantitative estimate of drug-likeness (QED) is 0.922. The summed E-state index contributed by atoms with van der Waals surface area (Å²) in [7, 11) is 0. The van der Waals surface area contributed by atoms with Gasteiger partial charge in [-0.25, -0.2) is 4.39 Å². The molecule has 0 fully saturated rings. The van der Waals surface area contributed by atoms with E-state index in [1.807, 2.05) is 19.1 Å². The molecule has 19 heavy (non-hydrogen) atoms. The van der Waals surface area contributed by atoms with Gasteiger partial charge in [-0.2, -0.15) is 0 Å². The first-order valence-corrected chi connectivity index (χ1v) is 6.67. The number of benzene rings is 2. The van der Waals surface area contributed by atoms with Gasteiger partial charge in [0.05, 0.1) is 6.61 Å². The molecule has 0 aliphatic carbocycles. The fraction of sp³-hybridized carbons (Fsp3) is 0.200.